The van der Waals surface area contributed by atoms with Crippen molar-refractivity contribution in [3.8, 4) is 0 Å². The highest BCUT2D eigenvalue weighted by atomic mass is 32.2. The number of hydrogen-bond donors (Lipinski definition) is 0. The molecule has 0 spiro atoms. The molecular weight excluding hydrogens is 208 g/mol. The molecule has 1 aliphatic rings. The molecule has 0 bridgehead atoms. The largest absolute Gasteiger partial charge is 0.459 e. The second kappa shape index (κ2) is 5.18. The Morgan fingerprint density at radius 1 is 1.79 bits per heavy atom. The zero-order valence-electron chi connectivity index (χ0n) is 8.22. The van der Waals surface area contributed by atoms with Crippen LogP contribution in [0, 0.1) is 0 Å². The minimum absolute atomic E-state index is 0.111. The molecule has 80 valence electrons. The van der Waals surface area contributed by atoms with Crippen LogP contribution in [0.2, 0.25) is 0 Å². The Bertz CT molecular complexity index is 246. The van der Waals surface area contributed by atoms with Crippen molar-refractivity contribution in [3.05, 3.63) is 0 Å². The van der Waals surface area contributed by atoms with E-state index in [9.17, 15) is 4.79 Å². The highest BCUT2D eigenvalue weighted by Gasteiger charge is 2.21. The first-order chi connectivity index (χ1) is 6.65. The average molecular weight is 220 g/mol. The summed E-state index contributed by atoms with van der Waals surface area (Å²) in [5, 5.41) is 5.25. The molecule has 7 heteroatoms. The number of ether oxygens (including phenoxy) is 1. The summed E-state index contributed by atoms with van der Waals surface area (Å²) in [4.78, 5) is 20.3. The van der Waals surface area contributed by atoms with Gasteiger partial charge in [-0.1, -0.05) is 16.9 Å². The lowest BCUT2D eigenvalue weighted by Crippen LogP contribution is -2.25. The Hall–Kier alpha value is -0.790. The summed E-state index contributed by atoms with van der Waals surface area (Å²) in [5.74, 6) is 0.539. The SMILES string of the molecule is CON(C)C(=O)ON=C1SCOC1C. The number of amides is 1. The summed E-state index contributed by atoms with van der Waals surface area (Å²) in [7, 11) is 2.80. The van der Waals surface area contributed by atoms with Gasteiger partial charge in [0.1, 0.15) is 11.1 Å². The van der Waals surface area contributed by atoms with Crippen molar-refractivity contribution in [2.75, 3.05) is 20.1 Å². The number of oxime groups is 1. The summed E-state index contributed by atoms with van der Waals surface area (Å²) in [6.07, 6.45) is -0.777. The summed E-state index contributed by atoms with van der Waals surface area (Å²) in [6, 6.07) is 0. The summed E-state index contributed by atoms with van der Waals surface area (Å²) in [5.41, 5.74) is 0. The molecule has 0 saturated carbocycles. The normalized spacial score (nSPS) is 23.9. The number of rotatable bonds is 2. The van der Waals surface area contributed by atoms with Crippen LogP contribution in [0.5, 0.6) is 0 Å². The first kappa shape index (κ1) is 11.3. The van der Waals surface area contributed by atoms with E-state index in [0.717, 1.165) is 5.06 Å². The van der Waals surface area contributed by atoms with Crippen molar-refractivity contribution < 1.29 is 19.2 Å². The van der Waals surface area contributed by atoms with Gasteiger partial charge in [0.05, 0.1) is 13.0 Å². The third kappa shape index (κ3) is 2.86. The smallest absolute Gasteiger partial charge is 0.361 e. The second-order valence-electron chi connectivity index (χ2n) is 2.54. The van der Waals surface area contributed by atoms with Gasteiger partial charge in [0.25, 0.3) is 0 Å². The van der Waals surface area contributed by atoms with E-state index >= 15 is 0 Å². The van der Waals surface area contributed by atoms with E-state index in [-0.39, 0.29) is 6.10 Å². The van der Waals surface area contributed by atoms with E-state index in [1.807, 2.05) is 6.92 Å². The molecule has 0 aliphatic carbocycles. The first-order valence-electron chi connectivity index (χ1n) is 3.96. The predicted molar refractivity (Wildman–Crippen MR) is 51.7 cm³/mol. The molecule has 0 aromatic heterocycles. The van der Waals surface area contributed by atoms with Crippen LogP contribution < -0.4 is 0 Å². The predicted octanol–water partition coefficient (Wildman–Crippen LogP) is 1.04. The molecule has 0 aromatic rings. The van der Waals surface area contributed by atoms with Crippen LogP contribution in [0.3, 0.4) is 0 Å². The monoisotopic (exact) mass is 220 g/mol. The molecule has 0 radical (unpaired) electrons. The Kier molecular flexibility index (Phi) is 4.18. The van der Waals surface area contributed by atoms with Gasteiger partial charge in [0.2, 0.25) is 0 Å². The zero-order valence-corrected chi connectivity index (χ0v) is 9.04. The van der Waals surface area contributed by atoms with Crippen molar-refractivity contribution in [1.82, 2.24) is 5.06 Å². The molecule has 1 atom stereocenters. The molecular formula is C7H12N2O4S. The number of carbonyl (C=O) groups excluding carboxylic acids is 1. The standard InChI is InChI=1S/C7H12N2O4S/c1-5-6(14-4-12-5)8-13-7(10)9(2)11-3/h5H,4H2,1-3H3. The van der Waals surface area contributed by atoms with E-state index < -0.39 is 6.09 Å². The minimum atomic E-state index is -0.667. The van der Waals surface area contributed by atoms with E-state index in [0.29, 0.717) is 11.0 Å². The van der Waals surface area contributed by atoms with Crippen molar-refractivity contribution in [1.29, 1.82) is 0 Å². The number of hydrogen-bond acceptors (Lipinski definition) is 6. The summed E-state index contributed by atoms with van der Waals surface area (Å²) >= 11 is 1.40. The third-order valence-corrected chi connectivity index (χ3v) is 2.57. The number of carbonyl (C=O) groups is 1. The maximum Gasteiger partial charge on any atom is 0.459 e. The van der Waals surface area contributed by atoms with Gasteiger partial charge in [-0.05, 0) is 6.92 Å². The van der Waals surface area contributed by atoms with Crippen LogP contribution >= 0.6 is 11.8 Å². The van der Waals surface area contributed by atoms with Crippen LogP contribution in [-0.2, 0) is 14.4 Å². The molecule has 1 amide bonds. The van der Waals surface area contributed by atoms with Crippen LogP contribution in [0.25, 0.3) is 0 Å². The van der Waals surface area contributed by atoms with Gasteiger partial charge >= 0.3 is 6.09 Å². The van der Waals surface area contributed by atoms with Crippen LogP contribution in [-0.4, -0.2) is 42.4 Å². The lowest BCUT2D eigenvalue weighted by Gasteiger charge is -2.10. The van der Waals surface area contributed by atoms with Gasteiger partial charge in [-0.15, -0.1) is 0 Å². The van der Waals surface area contributed by atoms with Crippen molar-refractivity contribution >= 4 is 22.9 Å². The maximum absolute atomic E-state index is 11.1. The van der Waals surface area contributed by atoms with E-state index in [1.54, 1.807) is 0 Å². The molecule has 1 rings (SSSR count). The number of nitrogens with zero attached hydrogens (tertiary/aromatic N) is 2. The zero-order chi connectivity index (χ0) is 10.6. The molecule has 6 nitrogen and oxygen atoms in total. The fourth-order valence-electron chi connectivity index (χ4n) is 0.702. The van der Waals surface area contributed by atoms with E-state index in [1.165, 1.54) is 25.9 Å². The van der Waals surface area contributed by atoms with Crippen LogP contribution in [0.1, 0.15) is 6.92 Å². The quantitative estimate of drug-likeness (QED) is 0.514. The van der Waals surface area contributed by atoms with Gasteiger partial charge < -0.3 is 4.74 Å². The molecule has 0 aromatic carbocycles. The first-order valence-corrected chi connectivity index (χ1v) is 4.94. The Balaban J connectivity index is 2.42. The Morgan fingerprint density at radius 2 is 2.50 bits per heavy atom. The van der Waals surface area contributed by atoms with Gasteiger partial charge in [-0.2, -0.15) is 5.06 Å². The highest BCUT2D eigenvalue weighted by molar-refractivity contribution is 8.14. The lowest BCUT2D eigenvalue weighted by atomic mass is 10.4. The fourth-order valence-corrected chi connectivity index (χ4v) is 1.49. The minimum Gasteiger partial charge on any atom is -0.361 e. The molecule has 1 aliphatic heterocycles. The Labute approximate surface area is 86.1 Å². The van der Waals surface area contributed by atoms with Gasteiger partial charge in [-0.25, -0.2) is 4.79 Å². The number of hydroxylamine groups is 2. The number of thioether (sulfide) groups is 1. The molecule has 1 unspecified atom stereocenters. The molecule has 1 heterocycles. The van der Waals surface area contributed by atoms with Crippen LogP contribution in [0.4, 0.5) is 4.79 Å². The molecule has 1 saturated heterocycles. The van der Waals surface area contributed by atoms with E-state index in [4.69, 9.17) is 4.74 Å². The van der Waals surface area contributed by atoms with Crippen molar-refractivity contribution in [2.45, 2.75) is 13.0 Å². The van der Waals surface area contributed by atoms with Gasteiger partial charge in [-0.3, -0.25) is 9.68 Å². The maximum atomic E-state index is 11.1. The van der Waals surface area contributed by atoms with Crippen molar-refractivity contribution in [2.24, 2.45) is 5.16 Å². The van der Waals surface area contributed by atoms with E-state index in [2.05, 4.69) is 14.8 Å². The fraction of sp³-hybridized carbons (Fsp3) is 0.714. The second-order valence-corrected chi connectivity index (χ2v) is 3.48. The lowest BCUT2D eigenvalue weighted by molar-refractivity contribution is -0.0902. The van der Waals surface area contributed by atoms with Crippen LogP contribution in [0.15, 0.2) is 5.16 Å². The third-order valence-electron chi connectivity index (χ3n) is 1.62. The van der Waals surface area contributed by atoms with Gasteiger partial charge in [0, 0.05) is 7.05 Å². The van der Waals surface area contributed by atoms with Gasteiger partial charge in [0.15, 0.2) is 0 Å². The average Bonchev–Trinajstić information content (AvgIpc) is 2.59. The topological polar surface area (TPSA) is 60.4 Å². The van der Waals surface area contributed by atoms with Crippen molar-refractivity contribution in [3.63, 3.8) is 0 Å². The Morgan fingerprint density at radius 3 is 3.00 bits per heavy atom. The summed E-state index contributed by atoms with van der Waals surface area (Å²) in [6.45, 7) is 1.84. The summed E-state index contributed by atoms with van der Waals surface area (Å²) < 4.78 is 5.18. The molecule has 1 fully saturated rings. The molecule has 14 heavy (non-hydrogen) atoms. The highest BCUT2D eigenvalue weighted by Crippen LogP contribution is 2.20. The molecule has 0 N–H and O–H groups in total.